The molecule has 0 radical (unpaired) electrons. The van der Waals surface area contributed by atoms with Crippen LogP contribution in [0.4, 0.5) is 11.4 Å². The molecule has 0 aromatic heterocycles. The van der Waals surface area contributed by atoms with E-state index in [0.717, 1.165) is 33.0 Å². The van der Waals surface area contributed by atoms with E-state index in [2.05, 4.69) is 12.2 Å². The minimum Gasteiger partial charge on any atom is -0.321 e. The summed E-state index contributed by atoms with van der Waals surface area (Å²) in [7, 11) is -3.47. The van der Waals surface area contributed by atoms with Crippen LogP contribution in [0.2, 0.25) is 0 Å². The Morgan fingerprint density at radius 1 is 0.969 bits per heavy atom. The van der Waals surface area contributed by atoms with Crippen LogP contribution in [0, 0.1) is 13.8 Å². The highest BCUT2D eigenvalue weighted by molar-refractivity contribution is 7.99. The number of carbonyl (C=O) groups is 1. The first kappa shape index (κ1) is 23.9. The van der Waals surface area contributed by atoms with Crippen molar-refractivity contribution in [2.75, 3.05) is 21.6 Å². The second-order valence-corrected chi connectivity index (χ2v) is 10.8. The Labute approximate surface area is 194 Å². The van der Waals surface area contributed by atoms with Crippen molar-refractivity contribution in [2.45, 2.75) is 32.2 Å². The number of nitrogens with one attached hydrogen (secondary N) is 1. The van der Waals surface area contributed by atoms with Gasteiger partial charge in [-0.25, -0.2) is 8.42 Å². The summed E-state index contributed by atoms with van der Waals surface area (Å²) in [6, 6.07) is 20.4. The minimum absolute atomic E-state index is 0.194. The van der Waals surface area contributed by atoms with Gasteiger partial charge in [-0.1, -0.05) is 37.3 Å². The summed E-state index contributed by atoms with van der Waals surface area (Å²) in [5.41, 5.74) is 4.87. The zero-order valence-electron chi connectivity index (χ0n) is 18.8. The average Bonchev–Trinajstić information content (AvgIpc) is 2.75. The maximum atomic E-state index is 12.7. The van der Waals surface area contributed by atoms with Crippen molar-refractivity contribution in [1.82, 2.24) is 0 Å². The number of nitrogens with zero attached hydrogens (tertiary/aromatic N) is 1. The Morgan fingerprint density at radius 3 is 2.28 bits per heavy atom. The van der Waals surface area contributed by atoms with E-state index in [0.29, 0.717) is 11.3 Å². The lowest BCUT2D eigenvalue weighted by atomic mass is 10.1. The zero-order valence-corrected chi connectivity index (χ0v) is 20.4. The van der Waals surface area contributed by atoms with Crippen LogP contribution in [0.15, 0.2) is 71.6 Å². The molecule has 0 heterocycles. The molecule has 0 bridgehead atoms. The van der Waals surface area contributed by atoms with Crippen LogP contribution >= 0.6 is 11.8 Å². The highest BCUT2D eigenvalue weighted by Gasteiger charge is 2.19. The molecule has 3 aromatic carbocycles. The van der Waals surface area contributed by atoms with E-state index in [1.807, 2.05) is 56.3 Å². The molecule has 1 amide bonds. The normalized spacial score (nSPS) is 11.2. The quantitative estimate of drug-likeness (QED) is 0.435. The molecule has 0 saturated carbocycles. The standard InChI is InChI=1S/C25H28N2O3S2/c1-5-31-24-9-7-6-8-23(24)26-25(28)21-13-11-20(12-14-21)17-27(32(4,29)30)22-15-10-18(2)19(3)16-22/h6-16H,5,17H2,1-4H3,(H,26,28). The Hall–Kier alpha value is -2.77. The number of sulfonamides is 1. The highest BCUT2D eigenvalue weighted by Crippen LogP contribution is 2.27. The number of aryl methyl sites for hydroxylation is 2. The molecule has 0 aliphatic rings. The van der Waals surface area contributed by atoms with Gasteiger partial charge < -0.3 is 5.32 Å². The van der Waals surface area contributed by atoms with Crippen LogP contribution in [-0.4, -0.2) is 26.3 Å². The lowest BCUT2D eigenvalue weighted by Gasteiger charge is -2.23. The number of anilines is 2. The van der Waals surface area contributed by atoms with Crippen LogP contribution in [0.25, 0.3) is 0 Å². The predicted molar refractivity (Wildman–Crippen MR) is 134 cm³/mol. The van der Waals surface area contributed by atoms with Crippen LogP contribution in [-0.2, 0) is 16.6 Å². The summed E-state index contributed by atoms with van der Waals surface area (Å²) in [5, 5.41) is 2.97. The molecule has 3 rings (SSSR count). The second kappa shape index (κ2) is 10.2. The molecule has 168 valence electrons. The monoisotopic (exact) mass is 468 g/mol. The molecule has 7 heteroatoms. The van der Waals surface area contributed by atoms with Gasteiger partial charge in [0.2, 0.25) is 10.0 Å². The van der Waals surface area contributed by atoms with E-state index in [4.69, 9.17) is 0 Å². The fraction of sp³-hybridized carbons (Fsp3) is 0.240. The topological polar surface area (TPSA) is 66.5 Å². The molecule has 5 nitrogen and oxygen atoms in total. The summed E-state index contributed by atoms with van der Waals surface area (Å²) >= 11 is 1.67. The first-order valence-electron chi connectivity index (χ1n) is 10.4. The highest BCUT2D eigenvalue weighted by atomic mass is 32.2. The molecule has 0 aliphatic carbocycles. The second-order valence-electron chi connectivity index (χ2n) is 7.62. The zero-order chi connectivity index (χ0) is 23.3. The fourth-order valence-electron chi connectivity index (χ4n) is 3.25. The SMILES string of the molecule is CCSc1ccccc1NC(=O)c1ccc(CN(c2ccc(C)c(C)c2)S(C)(=O)=O)cc1. The lowest BCUT2D eigenvalue weighted by Crippen LogP contribution is -2.29. The van der Waals surface area contributed by atoms with E-state index in [1.165, 1.54) is 10.6 Å². The number of hydrogen-bond donors (Lipinski definition) is 1. The van der Waals surface area contributed by atoms with E-state index in [1.54, 1.807) is 36.0 Å². The molecule has 0 fully saturated rings. The Bertz CT molecular complexity index is 1210. The molecule has 0 atom stereocenters. The van der Waals surface area contributed by atoms with Gasteiger partial charge in [-0.05, 0) is 72.7 Å². The number of amides is 1. The van der Waals surface area contributed by atoms with Gasteiger partial charge in [0.05, 0.1) is 24.2 Å². The van der Waals surface area contributed by atoms with Gasteiger partial charge in [0.25, 0.3) is 5.91 Å². The van der Waals surface area contributed by atoms with Crippen molar-refractivity contribution in [3.05, 3.63) is 89.0 Å². The van der Waals surface area contributed by atoms with Gasteiger partial charge in [0, 0.05) is 10.5 Å². The summed E-state index contributed by atoms with van der Waals surface area (Å²) in [5.74, 6) is 0.716. The Morgan fingerprint density at radius 2 is 1.66 bits per heavy atom. The van der Waals surface area contributed by atoms with Gasteiger partial charge in [0.15, 0.2) is 0 Å². The number of thioether (sulfide) groups is 1. The van der Waals surface area contributed by atoms with Gasteiger partial charge in [-0.2, -0.15) is 0 Å². The molecule has 0 unspecified atom stereocenters. The van der Waals surface area contributed by atoms with E-state index < -0.39 is 10.0 Å². The number of benzene rings is 3. The average molecular weight is 469 g/mol. The first-order valence-corrected chi connectivity index (χ1v) is 13.2. The predicted octanol–water partition coefficient (Wildman–Crippen LogP) is 5.63. The minimum atomic E-state index is -3.47. The number of hydrogen-bond acceptors (Lipinski definition) is 4. The third kappa shape index (κ3) is 5.93. The van der Waals surface area contributed by atoms with Gasteiger partial charge in [0.1, 0.15) is 0 Å². The fourth-order valence-corrected chi connectivity index (χ4v) is 4.89. The summed E-state index contributed by atoms with van der Waals surface area (Å²) < 4.78 is 26.3. The summed E-state index contributed by atoms with van der Waals surface area (Å²) in [4.78, 5) is 13.8. The smallest absolute Gasteiger partial charge is 0.255 e. The third-order valence-corrected chi connectivity index (χ3v) is 7.25. The molecule has 3 aromatic rings. The van der Waals surface area contributed by atoms with Crippen LogP contribution < -0.4 is 9.62 Å². The van der Waals surface area contributed by atoms with Gasteiger partial charge in [-0.15, -0.1) is 11.8 Å². The van der Waals surface area contributed by atoms with Crippen molar-refractivity contribution in [2.24, 2.45) is 0 Å². The van der Waals surface area contributed by atoms with E-state index >= 15 is 0 Å². The summed E-state index contributed by atoms with van der Waals surface area (Å²) in [6.07, 6.45) is 1.20. The van der Waals surface area contributed by atoms with Gasteiger partial charge in [-0.3, -0.25) is 9.10 Å². The number of rotatable bonds is 8. The Kier molecular flexibility index (Phi) is 7.64. The molecule has 1 N–H and O–H groups in total. The number of para-hydroxylation sites is 1. The summed E-state index contributed by atoms with van der Waals surface area (Å²) in [6.45, 7) is 6.22. The maximum Gasteiger partial charge on any atom is 0.255 e. The Balaban J connectivity index is 1.78. The van der Waals surface area contributed by atoms with Crippen LogP contribution in [0.1, 0.15) is 34.0 Å². The van der Waals surface area contributed by atoms with Crippen LogP contribution in [0.5, 0.6) is 0 Å². The third-order valence-electron chi connectivity index (χ3n) is 5.16. The molecular formula is C25H28N2O3S2. The van der Waals surface area contributed by atoms with Crippen molar-refractivity contribution in [1.29, 1.82) is 0 Å². The maximum absolute atomic E-state index is 12.7. The molecule has 0 aliphatic heterocycles. The lowest BCUT2D eigenvalue weighted by molar-refractivity contribution is 0.102. The molecule has 0 saturated heterocycles. The van der Waals surface area contributed by atoms with Crippen molar-refractivity contribution in [3.63, 3.8) is 0 Å². The van der Waals surface area contributed by atoms with Crippen molar-refractivity contribution < 1.29 is 13.2 Å². The number of carbonyl (C=O) groups excluding carboxylic acids is 1. The largest absolute Gasteiger partial charge is 0.321 e. The van der Waals surface area contributed by atoms with Crippen molar-refractivity contribution >= 4 is 39.1 Å². The van der Waals surface area contributed by atoms with E-state index in [9.17, 15) is 13.2 Å². The van der Waals surface area contributed by atoms with Gasteiger partial charge >= 0.3 is 0 Å². The van der Waals surface area contributed by atoms with Crippen molar-refractivity contribution in [3.8, 4) is 0 Å². The molecule has 0 spiro atoms. The first-order chi connectivity index (χ1) is 15.2. The molecular weight excluding hydrogens is 440 g/mol. The molecule has 32 heavy (non-hydrogen) atoms. The van der Waals surface area contributed by atoms with Crippen LogP contribution in [0.3, 0.4) is 0 Å². The van der Waals surface area contributed by atoms with E-state index in [-0.39, 0.29) is 12.5 Å².